The molecule has 1 aliphatic rings. The van der Waals surface area contributed by atoms with E-state index in [0.29, 0.717) is 37.0 Å². The molecule has 0 spiro atoms. The van der Waals surface area contributed by atoms with E-state index in [2.05, 4.69) is 9.97 Å². The van der Waals surface area contributed by atoms with Crippen LogP contribution in [0.25, 0.3) is 11.0 Å². The maximum atomic E-state index is 12.4. The minimum Gasteiger partial charge on any atom is -0.466 e. The Morgan fingerprint density at radius 3 is 2.81 bits per heavy atom. The standard InChI is InChI=1S/C19H21N3O5/c1-2-26-18(24)13-5-4-10-22(11-13)16(23)12-27-19(25)14-6-3-7-15-17(14)21-9-8-20-15/h3,6-9,13H,2,4-5,10-12H2,1H3. The van der Waals surface area contributed by atoms with Gasteiger partial charge in [-0.05, 0) is 31.9 Å². The molecule has 0 radical (unpaired) electrons. The molecule has 1 fully saturated rings. The van der Waals surface area contributed by atoms with E-state index in [-0.39, 0.29) is 36.5 Å². The second-order valence-electron chi connectivity index (χ2n) is 6.24. The summed E-state index contributed by atoms with van der Waals surface area (Å²) < 4.78 is 10.2. The highest BCUT2D eigenvalue weighted by molar-refractivity contribution is 6.02. The molecule has 0 aliphatic carbocycles. The van der Waals surface area contributed by atoms with E-state index in [1.165, 1.54) is 12.4 Å². The molecule has 142 valence electrons. The van der Waals surface area contributed by atoms with Crippen molar-refractivity contribution < 1.29 is 23.9 Å². The number of hydrogen-bond acceptors (Lipinski definition) is 7. The van der Waals surface area contributed by atoms with Crippen LogP contribution in [0.15, 0.2) is 30.6 Å². The molecule has 1 amide bonds. The molecule has 2 aromatic rings. The second kappa shape index (κ2) is 8.57. The van der Waals surface area contributed by atoms with E-state index in [9.17, 15) is 14.4 Å². The number of fused-ring (bicyclic) bond motifs is 1. The third-order valence-corrected chi connectivity index (χ3v) is 4.44. The van der Waals surface area contributed by atoms with Crippen molar-refractivity contribution in [3.05, 3.63) is 36.2 Å². The van der Waals surface area contributed by atoms with Gasteiger partial charge < -0.3 is 14.4 Å². The van der Waals surface area contributed by atoms with Crippen molar-refractivity contribution in [2.24, 2.45) is 5.92 Å². The first-order valence-electron chi connectivity index (χ1n) is 8.91. The molecule has 1 aromatic carbocycles. The lowest BCUT2D eigenvalue weighted by Gasteiger charge is -2.31. The molecule has 8 nitrogen and oxygen atoms in total. The number of esters is 2. The van der Waals surface area contributed by atoms with Gasteiger partial charge in [-0.25, -0.2) is 4.79 Å². The van der Waals surface area contributed by atoms with E-state index < -0.39 is 5.97 Å². The van der Waals surface area contributed by atoms with Crippen molar-refractivity contribution >= 4 is 28.9 Å². The molecule has 1 aliphatic heterocycles. The van der Waals surface area contributed by atoms with Gasteiger partial charge in [-0.1, -0.05) is 6.07 Å². The summed E-state index contributed by atoms with van der Waals surface area (Å²) in [6.45, 7) is 2.50. The van der Waals surface area contributed by atoms with Crippen LogP contribution >= 0.6 is 0 Å². The number of ether oxygens (including phenoxy) is 2. The summed E-state index contributed by atoms with van der Waals surface area (Å²) in [6.07, 6.45) is 4.43. The average molecular weight is 371 g/mol. The lowest BCUT2D eigenvalue weighted by Crippen LogP contribution is -2.44. The minimum atomic E-state index is -0.631. The number of benzene rings is 1. The first-order valence-corrected chi connectivity index (χ1v) is 8.91. The summed E-state index contributed by atoms with van der Waals surface area (Å²) in [5.41, 5.74) is 1.26. The SMILES string of the molecule is CCOC(=O)C1CCCN(C(=O)COC(=O)c2cccc3nccnc23)C1. The first-order chi connectivity index (χ1) is 13.1. The quantitative estimate of drug-likeness (QED) is 0.736. The fourth-order valence-electron chi connectivity index (χ4n) is 3.11. The van der Waals surface area contributed by atoms with Crippen LogP contribution in [-0.2, 0) is 19.1 Å². The Bertz CT molecular complexity index is 849. The van der Waals surface area contributed by atoms with Crippen molar-refractivity contribution in [3.8, 4) is 0 Å². The van der Waals surface area contributed by atoms with Gasteiger partial charge in [-0.3, -0.25) is 19.6 Å². The Morgan fingerprint density at radius 1 is 1.19 bits per heavy atom. The number of piperidine rings is 1. The Kier molecular flexibility index (Phi) is 5.95. The summed E-state index contributed by atoms with van der Waals surface area (Å²) in [4.78, 5) is 46.5. The highest BCUT2D eigenvalue weighted by Crippen LogP contribution is 2.19. The van der Waals surface area contributed by atoms with Gasteiger partial charge in [0.1, 0.15) is 5.52 Å². The van der Waals surface area contributed by atoms with E-state index in [1.807, 2.05) is 0 Å². The van der Waals surface area contributed by atoms with Crippen LogP contribution in [0.2, 0.25) is 0 Å². The van der Waals surface area contributed by atoms with Gasteiger partial charge in [0.2, 0.25) is 0 Å². The normalized spacial score (nSPS) is 16.8. The van der Waals surface area contributed by atoms with Crippen LogP contribution in [-0.4, -0.2) is 59.0 Å². The molecule has 2 heterocycles. The highest BCUT2D eigenvalue weighted by Gasteiger charge is 2.29. The van der Waals surface area contributed by atoms with Crippen LogP contribution in [0.5, 0.6) is 0 Å². The summed E-state index contributed by atoms with van der Waals surface area (Å²) in [6, 6.07) is 5.01. The van der Waals surface area contributed by atoms with Crippen molar-refractivity contribution in [3.63, 3.8) is 0 Å². The van der Waals surface area contributed by atoms with E-state index >= 15 is 0 Å². The smallest absolute Gasteiger partial charge is 0.340 e. The topological polar surface area (TPSA) is 98.7 Å². The Morgan fingerprint density at radius 2 is 2.00 bits per heavy atom. The van der Waals surface area contributed by atoms with Gasteiger partial charge in [0.25, 0.3) is 5.91 Å². The molecule has 0 saturated carbocycles. The van der Waals surface area contributed by atoms with Gasteiger partial charge in [-0.15, -0.1) is 0 Å². The molecule has 0 bridgehead atoms. The maximum Gasteiger partial charge on any atom is 0.340 e. The zero-order valence-corrected chi connectivity index (χ0v) is 15.1. The Balaban J connectivity index is 1.60. The van der Waals surface area contributed by atoms with Gasteiger partial charge >= 0.3 is 11.9 Å². The third-order valence-electron chi connectivity index (χ3n) is 4.44. The molecule has 0 N–H and O–H groups in total. The van der Waals surface area contributed by atoms with Crippen molar-refractivity contribution in [1.29, 1.82) is 0 Å². The Labute approximate surface area is 156 Å². The number of nitrogens with zero attached hydrogens (tertiary/aromatic N) is 3. The molecule has 1 atom stereocenters. The van der Waals surface area contributed by atoms with Gasteiger partial charge in [0.15, 0.2) is 6.61 Å². The van der Waals surface area contributed by atoms with Crippen LogP contribution in [0, 0.1) is 5.92 Å². The molecule has 1 saturated heterocycles. The zero-order chi connectivity index (χ0) is 19.2. The first kappa shape index (κ1) is 18.8. The molecule has 27 heavy (non-hydrogen) atoms. The number of rotatable bonds is 5. The van der Waals surface area contributed by atoms with Gasteiger partial charge in [-0.2, -0.15) is 0 Å². The summed E-state index contributed by atoms with van der Waals surface area (Å²) in [5, 5.41) is 0. The number of hydrogen-bond donors (Lipinski definition) is 0. The predicted octanol–water partition coefficient (Wildman–Crippen LogP) is 1.59. The van der Waals surface area contributed by atoms with Crippen LogP contribution in [0.1, 0.15) is 30.1 Å². The van der Waals surface area contributed by atoms with Gasteiger partial charge in [0.05, 0.1) is 23.6 Å². The predicted molar refractivity (Wildman–Crippen MR) is 95.8 cm³/mol. The highest BCUT2D eigenvalue weighted by atomic mass is 16.5. The summed E-state index contributed by atoms with van der Waals surface area (Å²) in [7, 11) is 0. The zero-order valence-electron chi connectivity index (χ0n) is 15.1. The fourth-order valence-corrected chi connectivity index (χ4v) is 3.11. The van der Waals surface area contributed by atoms with E-state index in [1.54, 1.807) is 30.0 Å². The molecule has 8 heteroatoms. The lowest BCUT2D eigenvalue weighted by atomic mass is 9.98. The molecule has 1 unspecified atom stereocenters. The third kappa shape index (κ3) is 4.39. The molecule has 1 aromatic heterocycles. The van der Waals surface area contributed by atoms with Gasteiger partial charge in [0, 0.05) is 25.5 Å². The van der Waals surface area contributed by atoms with E-state index in [4.69, 9.17) is 9.47 Å². The van der Waals surface area contributed by atoms with Crippen LogP contribution < -0.4 is 0 Å². The molecule has 3 rings (SSSR count). The number of likely N-dealkylation sites (tertiary alicyclic amines) is 1. The second-order valence-corrected chi connectivity index (χ2v) is 6.24. The number of amides is 1. The van der Waals surface area contributed by atoms with Crippen LogP contribution in [0.4, 0.5) is 0 Å². The Hall–Kier alpha value is -3.03. The maximum absolute atomic E-state index is 12.4. The number of aromatic nitrogens is 2. The van der Waals surface area contributed by atoms with Crippen LogP contribution in [0.3, 0.4) is 0 Å². The molecular formula is C19H21N3O5. The largest absolute Gasteiger partial charge is 0.466 e. The average Bonchev–Trinajstić information content (AvgIpc) is 2.71. The van der Waals surface area contributed by atoms with E-state index in [0.717, 1.165) is 0 Å². The molecular weight excluding hydrogens is 350 g/mol. The lowest BCUT2D eigenvalue weighted by molar-refractivity contribution is -0.151. The number of para-hydroxylation sites is 1. The monoisotopic (exact) mass is 371 g/mol. The summed E-state index contributed by atoms with van der Waals surface area (Å²) >= 11 is 0. The van der Waals surface area contributed by atoms with Crippen molar-refractivity contribution in [2.45, 2.75) is 19.8 Å². The fraction of sp³-hybridized carbons (Fsp3) is 0.421. The van der Waals surface area contributed by atoms with Crippen molar-refractivity contribution in [2.75, 3.05) is 26.3 Å². The number of carbonyl (C=O) groups excluding carboxylic acids is 3. The summed E-state index contributed by atoms with van der Waals surface area (Å²) in [5.74, 6) is -1.58. The minimum absolute atomic E-state index is 0.261. The number of carbonyl (C=O) groups is 3. The van der Waals surface area contributed by atoms with Crippen molar-refractivity contribution in [1.82, 2.24) is 14.9 Å².